The monoisotopic (exact) mass is 294 g/mol. The van der Waals surface area contributed by atoms with Gasteiger partial charge in [0, 0.05) is 24.0 Å². The highest BCUT2D eigenvalue weighted by Gasteiger charge is 2.44. The highest BCUT2D eigenvalue weighted by molar-refractivity contribution is 5.95. The van der Waals surface area contributed by atoms with E-state index in [4.69, 9.17) is 0 Å². The maximum absolute atomic E-state index is 12.3. The number of hydrogen-bond donors (Lipinski definition) is 1. The molecule has 3 rings (SSSR count). The third kappa shape index (κ3) is 3.53. The number of nitrogens with one attached hydrogen (secondary N) is 1. The van der Waals surface area contributed by atoms with E-state index in [0.29, 0.717) is 5.92 Å². The Labute approximate surface area is 131 Å². The van der Waals surface area contributed by atoms with Gasteiger partial charge in [0.2, 0.25) is 5.91 Å². The van der Waals surface area contributed by atoms with E-state index in [9.17, 15) is 4.79 Å². The van der Waals surface area contributed by atoms with Crippen molar-refractivity contribution in [3.8, 4) is 0 Å². The second kappa shape index (κ2) is 6.73. The summed E-state index contributed by atoms with van der Waals surface area (Å²) in [7, 11) is 0. The molecule has 1 aromatic carbocycles. The molecule has 1 aliphatic carbocycles. The molecule has 1 heterocycles. The first kappa shape index (κ1) is 14.8. The highest BCUT2D eigenvalue weighted by atomic mass is 16.2. The van der Waals surface area contributed by atoms with Gasteiger partial charge < -0.3 is 5.32 Å². The van der Waals surface area contributed by atoms with Crippen LogP contribution in [0.2, 0.25) is 0 Å². The van der Waals surface area contributed by atoms with Crippen molar-refractivity contribution in [2.45, 2.75) is 38.5 Å². The number of anilines is 1. The minimum absolute atomic E-state index is 0.0870. The van der Waals surface area contributed by atoms with Crippen LogP contribution in [-0.4, -0.2) is 10.9 Å². The number of benzene rings is 1. The van der Waals surface area contributed by atoms with Crippen LogP contribution in [0.5, 0.6) is 0 Å². The van der Waals surface area contributed by atoms with Crippen LogP contribution in [0.1, 0.15) is 43.2 Å². The summed E-state index contributed by atoms with van der Waals surface area (Å²) in [5.41, 5.74) is 3.39. The molecule has 0 bridgehead atoms. The van der Waals surface area contributed by atoms with Gasteiger partial charge in [-0.1, -0.05) is 31.5 Å². The molecule has 114 valence electrons. The molecule has 1 aliphatic rings. The van der Waals surface area contributed by atoms with Crippen molar-refractivity contribution in [1.29, 1.82) is 0 Å². The number of aryl methyl sites for hydroxylation is 1. The Hall–Kier alpha value is -2.16. The summed E-state index contributed by atoms with van der Waals surface area (Å²) in [5, 5.41) is 3.03. The Kier molecular flexibility index (Phi) is 4.52. The number of nitrogens with zero attached hydrogens (tertiary/aromatic N) is 1. The van der Waals surface area contributed by atoms with Crippen LogP contribution in [0.3, 0.4) is 0 Å². The van der Waals surface area contributed by atoms with Gasteiger partial charge in [-0.2, -0.15) is 0 Å². The van der Waals surface area contributed by atoms with E-state index in [1.165, 1.54) is 18.4 Å². The highest BCUT2D eigenvalue weighted by Crippen LogP contribution is 2.47. The zero-order chi connectivity index (χ0) is 15.4. The number of amides is 1. The van der Waals surface area contributed by atoms with Crippen molar-refractivity contribution >= 4 is 11.6 Å². The first-order valence-electron chi connectivity index (χ1n) is 8.07. The molecule has 3 nitrogen and oxygen atoms in total. The molecule has 1 aromatic heterocycles. The van der Waals surface area contributed by atoms with E-state index in [2.05, 4.69) is 29.4 Å². The van der Waals surface area contributed by atoms with Gasteiger partial charge in [0.25, 0.3) is 0 Å². The first-order valence-corrected chi connectivity index (χ1v) is 8.07. The SMILES string of the molecule is CCCCc1ccc(NC(=O)[C@@H]2C[C@H]2c2cccnc2)cc1. The molecule has 2 aromatic rings. The molecule has 1 amide bonds. The number of rotatable bonds is 6. The van der Waals surface area contributed by atoms with E-state index in [-0.39, 0.29) is 11.8 Å². The number of aromatic nitrogens is 1. The Bertz CT molecular complexity index is 622. The van der Waals surface area contributed by atoms with Crippen molar-refractivity contribution in [2.24, 2.45) is 5.92 Å². The lowest BCUT2D eigenvalue weighted by Gasteiger charge is -2.06. The maximum atomic E-state index is 12.3. The molecule has 2 atom stereocenters. The van der Waals surface area contributed by atoms with Gasteiger partial charge in [0.05, 0.1) is 0 Å². The van der Waals surface area contributed by atoms with Gasteiger partial charge in [0.1, 0.15) is 0 Å². The number of pyridine rings is 1. The average Bonchev–Trinajstić information content (AvgIpc) is 3.36. The number of carbonyl (C=O) groups excluding carboxylic acids is 1. The molecular weight excluding hydrogens is 272 g/mol. The van der Waals surface area contributed by atoms with Crippen LogP contribution in [0, 0.1) is 5.92 Å². The van der Waals surface area contributed by atoms with Crippen molar-refractivity contribution in [3.63, 3.8) is 0 Å². The standard InChI is InChI=1S/C19H22N2O/c1-2-3-5-14-7-9-16(10-8-14)21-19(22)18-12-17(18)15-6-4-11-20-13-15/h4,6-11,13,17-18H,2-3,5,12H2,1H3,(H,21,22)/t17-,18+/m0/s1. The number of hydrogen-bond acceptors (Lipinski definition) is 2. The minimum Gasteiger partial charge on any atom is -0.326 e. The van der Waals surface area contributed by atoms with E-state index in [0.717, 1.165) is 24.1 Å². The van der Waals surface area contributed by atoms with Crippen LogP contribution in [0.25, 0.3) is 0 Å². The molecule has 0 spiro atoms. The lowest BCUT2D eigenvalue weighted by atomic mass is 10.1. The topological polar surface area (TPSA) is 42.0 Å². The number of unbranched alkanes of at least 4 members (excludes halogenated alkanes) is 1. The predicted molar refractivity (Wildman–Crippen MR) is 88.8 cm³/mol. The second-order valence-corrected chi connectivity index (χ2v) is 6.02. The van der Waals surface area contributed by atoms with E-state index < -0.39 is 0 Å². The summed E-state index contributed by atoms with van der Waals surface area (Å²) in [6.07, 6.45) is 8.07. The summed E-state index contributed by atoms with van der Waals surface area (Å²) in [5.74, 6) is 0.539. The smallest absolute Gasteiger partial charge is 0.228 e. The molecule has 3 heteroatoms. The molecule has 0 saturated heterocycles. The van der Waals surface area contributed by atoms with Crippen LogP contribution in [0.4, 0.5) is 5.69 Å². The largest absolute Gasteiger partial charge is 0.326 e. The van der Waals surface area contributed by atoms with Crippen molar-refractivity contribution in [1.82, 2.24) is 4.98 Å². The third-order valence-electron chi connectivity index (χ3n) is 4.28. The van der Waals surface area contributed by atoms with Gasteiger partial charge in [-0.25, -0.2) is 0 Å². The Morgan fingerprint density at radius 2 is 2.09 bits per heavy atom. The second-order valence-electron chi connectivity index (χ2n) is 6.02. The quantitative estimate of drug-likeness (QED) is 0.869. The minimum atomic E-state index is 0.0870. The molecule has 1 fully saturated rings. The van der Waals surface area contributed by atoms with E-state index >= 15 is 0 Å². The van der Waals surface area contributed by atoms with Crippen LogP contribution < -0.4 is 5.32 Å². The molecule has 0 unspecified atom stereocenters. The zero-order valence-corrected chi connectivity index (χ0v) is 13.0. The van der Waals surface area contributed by atoms with E-state index in [1.54, 1.807) is 6.20 Å². The third-order valence-corrected chi connectivity index (χ3v) is 4.28. The van der Waals surface area contributed by atoms with Gasteiger partial charge >= 0.3 is 0 Å². The van der Waals surface area contributed by atoms with Crippen LogP contribution in [-0.2, 0) is 11.2 Å². The van der Waals surface area contributed by atoms with Gasteiger partial charge in [-0.05, 0) is 54.5 Å². The molecule has 22 heavy (non-hydrogen) atoms. The van der Waals surface area contributed by atoms with Crippen molar-refractivity contribution < 1.29 is 4.79 Å². The zero-order valence-electron chi connectivity index (χ0n) is 13.0. The van der Waals surface area contributed by atoms with Crippen molar-refractivity contribution in [2.75, 3.05) is 5.32 Å². The molecule has 1 saturated carbocycles. The Morgan fingerprint density at radius 1 is 1.27 bits per heavy atom. The average molecular weight is 294 g/mol. The summed E-state index contributed by atoms with van der Waals surface area (Å²) >= 11 is 0. The molecule has 1 N–H and O–H groups in total. The van der Waals surface area contributed by atoms with Crippen LogP contribution >= 0.6 is 0 Å². The van der Waals surface area contributed by atoms with E-state index in [1.807, 2.05) is 30.5 Å². The normalized spacial score (nSPS) is 19.7. The lowest BCUT2D eigenvalue weighted by Crippen LogP contribution is -2.14. The Morgan fingerprint density at radius 3 is 2.77 bits per heavy atom. The fourth-order valence-corrected chi connectivity index (χ4v) is 2.82. The van der Waals surface area contributed by atoms with Crippen LogP contribution in [0.15, 0.2) is 48.8 Å². The Balaban J connectivity index is 1.54. The summed E-state index contributed by atoms with van der Waals surface area (Å²) in [6.45, 7) is 2.20. The van der Waals surface area contributed by atoms with Gasteiger partial charge in [-0.15, -0.1) is 0 Å². The van der Waals surface area contributed by atoms with Gasteiger partial charge in [0.15, 0.2) is 0 Å². The fraction of sp³-hybridized carbons (Fsp3) is 0.368. The maximum Gasteiger partial charge on any atom is 0.228 e. The summed E-state index contributed by atoms with van der Waals surface area (Å²) in [6, 6.07) is 12.2. The molecular formula is C19H22N2O. The fourth-order valence-electron chi connectivity index (χ4n) is 2.82. The molecule has 0 radical (unpaired) electrons. The summed E-state index contributed by atoms with van der Waals surface area (Å²) < 4.78 is 0. The lowest BCUT2D eigenvalue weighted by molar-refractivity contribution is -0.117. The summed E-state index contributed by atoms with van der Waals surface area (Å²) in [4.78, 5) is 16.4. The molecule has 0 aliphatic heterocycles. The first-order chi connectivity index (χ1) is 10.8. The van der Waals surface area contributed by atoms with Gasteiger partial charge in [-0.3, -0.25) is 9.78 Å². The number of carbonyl (C=O) groups is 1. The van der Waals surface area contributed by atoms with Crippen molar-refractivity contribution in [3.05, 3.63) is 59.9 Å². The predicted octanol–water partition coefficient (Wildman–Crippen LogP) is 4.17.